The molecule has 0 aliphatic heterocycles. The van der Waals surface area contributed by atoms with Crippen molar-refractivity contribution < 1.29 is 90.6 Å². The molecule has 0 bridgehead atoms. The van der Waals surface area contributed by atoms with Crippen molar-refractivity contribution in [3.8, 4) is 43.2 Å². The fraction of sp³-hybridized carbons (Fsp3) is 0. The summed E-state index contributed by atoms with van der Waals surface area (Å²) in [6.45, 7) is 0. The topological polar surface area (TPSA) is 348 Å². The van der Waals surface area contributed by atoms with Gasteiger partial charge in [0.25, 0.3) is 0 Å². The molecule has 0 spiro atoms. The predicted molar refractivity (Wildman–Crippen MR) is 122 cm³/mol. The fourth-order valence-electron chi connectivity index (χ4n) is 0. The number of nitrogens with zero attached hydrogens (tertiary/aromatic N) is 8. The summed E-state index contributed by atoms with van der Waals surface area (Å²) in [4.78, 5) is 0. The summed E-state index contributed by atoms with van der Waals surface area (Å²) < 4.78 is 0. The summed E-state index contributed by atoms with van der Waals surface area (Å²) in [5.74, 6) is 0. The van der Waals surface area contributed by atoms with Crippen LogP contribution < -0.4 is 0 Å². The van der Waals surface area contributed by atoms with E-state index in [9.17, 15) is 0 Å². The number of thiocyanates is 8. The third-order valence-corrected chi connectivity index (χ3v) is 0. The van der Waals surface area contributed by atoms with Crippen LogP contribution in [0.4, 0.5) is 0 Å². The maximum atomic E-state index is 7.13. The summed E-state index contributed by atoms with van der Waals surface area (Å²) in [5.41, 5.74) is 0. The van der Waals surface area contributed by atoms with Crippen molar-refractivity contribution in [2.24, 2.45) is 0 Å². The second-order valence-electron chi connectivity index (χ2n) is 0.730. The summed E-state index contributed by atoms with van der Waals surface area (Å²) in [6, 6.07) is 0. The summed E-state index contributed by atoms with van der Waals surface area (Å²) in [7, 11) is 0. The van der Waals surface area contributed by atoms with Gasteiger partial charge in [-0.2, -0.15) is 0 Å². The van der Waals surface area contributed by atoms with Crippen LogP contribution >= 0.6 is 0 Å². The Balaban J connectivity index is -0.00000000631. The Kier molecular flexibility index (Phi) is 1780. The molecule has 0 atom stereocenters. The molecule has 0 radical (unpaired) electrons. The van der Waals surface area contributed by atoms with Gasteiger partial charge in [0, 0.05) is 21.1 Å². The van der Waals surface area contributed by atoms with Gasteiger partial charge in [-0.25, -0.2) is 42.1 Å². The van der Waals surface area contributed by atoms with Gasteiger partial charge in [-0.05, 0) is 0 Å². The minimum Gasteiger partial charge on any atom is -0.696 e. The molecule has 0 aromatic heterocycles. The molecule has 10 N–H and O–H groups in total. The largest absolute Gasteiger partial charge is 2.00 e. The van der Waals surface area contributed by atoms with Crippen molar-refractivity contribution in [1.29, 1.82) is 42.1 Å². The van der Waals surface area contributed by atoms with E-state index in [0.717, 1.165) is 0 Å². The number of rotatable bonds is 0. The second kappa shape index (κ2) is 468. The predicted octanol–water partition coefficient (Wildman–Crippen LogP) is -4.02. The van der Waals surface area contributed by atoms with Crippen molar-refractivity contribution >= 4 is 101 Å². The van der Waals surface area contributed by atoms with E-state index in [2.05, 4.69) is 101 Å². The molecule has 0 aliphatic rings. The van der Waals surface area contributed by atoms with E-state index in [4.69, 9.17) is 42.1 Å². The molecule has 0 aromatic carbocycles. The van der Waals surface area contributed by atoms with E-state index < -0.39 is 0 Å². The van der Waals surface area contributed by atoms with Gasteiger partial charge in [-0.3, -0.25) is 0 Å². The van der Waals surface area contributed by atoms with Gasteiger partial charge in [0.2, 0.25) is 0 Å². The Hall–Kier alpha value is -0.455. The van der Waals surface area contributed by atoms with Crippen molar-refractivity contribution in [3.63, 3.8) is 0 Å². The first-order chi connectivity index (χ1) is 11.3. The first kappa shape index (κ1) is 122. The van der Waals surface area contributed by atoms with E-state index in [1.54, 1.807) is 0 Å². The molecule has 0 fully saturated rings. The average Bonchev–Trinajstić information content (AvgIpc) is 2.45. The maximum absolute atomic E-state index is 7.13. The summed E-state index contributed by atoms with van der Waals surface area (Å²) in [5, 5.41) is 67.7. The van der Waals surface area contributed by atoms with Gasteiger partial charge in [0.15, 0.2) is 0 Å². The zero-order valence-electron chi connectivity index (χ0n) is 14.6. The smallest absolute Gasteiger partial charge is 0.696 e. The van der Waals surface area contributed by atoms with Crippen LogP contribution in [0.15, 0.2) is 0 Å². The second-order valence-corrected chi connectivity index (χ2v) is 2.19. The molecule has 0 heterocycles. The van der Waals surface area contributed by atoms with Crippen LogP contribution in [0, 0.1) is 85.3 Å². The van der Waals surface area contributed by atoms with Crippen LogP contribution in [-0.4, -0.2) is 27.4 Å². The van der Waals surface area contributed by atoms with Gasteiger partial charge < -0.3 is 128 Å². The van der Waals surface area contributed by atoms with Gasteiger partial charge in [-0.15, -0.1) is 0 Å². The molecule has 24 heteroatoms. The van der Waals surface area contributed by atoms with Gasteiger partial charge in [0.1, 0.15) is 0 Å². The first-order valence-electron chi connectivity index (χ1n) is 3.42. The minimum absolute atomic E-state index is 0. The normalized spacial score (nSPS) is 1.75. The van der Waals surface area contributed by atoms with Gasteiger partial charge in [0.05, 0.1) is 0 Å². The fourth-order valence-corrected chi connectivity index (χ4v) is 0. The standard InChI is InChI=1S/8CHNS.3Mo.5H2O/c8*2-1-3;;;;;;;;/h8*3H;;;;5*1H2/q;;;;;;;;;2*+2;;;;;/p-8. The van der Waals surface area contributed by atoms with E-state index >= 15 is 0 Å². The van der Waals surface area contributed by atoms with Crippen molar-refractivity contribution in [3.05, 3.63) is 0 Å². The molecule has 182 valence electrons. The quantitative estimate of drug-likeness (QED) is 0.127. The first-order valence-corrected chi connectivity index (χ1v) is 6.69. The number of hydrogen-bond acceptors (Lipinski definition) is 16. The van der Waals surface area contributed by atoms with Crippen molar-refractivity contribution in [1.82, 2.24) is 0 Å². The van der Waals surface area contributed by atoms with E-state index in [1.807, 2.05) is 0 Å². The summed E-state index contributed by atoms with van der Waals surface area (Å²) in [6.07, 6.45) is 0. The van der Waals surface area contributed by atoms with Crippen molar-refractivity contribution in [2.45, 2.75) is 0 Å². The minimum atomic E-state index is 0. The average molecular weight is 843 g/mol. The molecule has 0 saturated heterocycles. The monoisotopic (exact) mass is 848 g/mol. The molecule has 0 amide bonds. The Morgan fingerprint density at radius 2 is 0.281 bits per heavy atom. The summed E-state index contributed by atoms with van der Waals surface area (Å²) >= 11 is 29.6. The van der Waals surface area contributed by atoms with Crippen LogP contribution in [0.3, 0.4) is 0 Å². The van der Waals surface area contributed by atoms with E-state index in [0.29, 0.717) is 0 Å². The van der Waals surface area contributed by atoms with E-state index in [1.165, 1.54) is 43.2 Å². The molecule has 32 heavy (non-hydrogen) atoms. The third kappa shape index (κ3) is 116000. The number of nitriles is 8. The molecule has 13 nitrogen and oxygen atoms in total. The molecular formula is C8H10Mo3N8O5S8-4. The molecule has 0 rings (SSSR count). The van der Waals surface area contributed by atoms with Gasteiger partial charge in [-0.1, -0.05) is 43.2 Å². The molecule has 0 aliphatic carbocycles. The van der Waals surface area contributed by atoms with Crippen LogP contribution in [0.1, 0.15) is 0 Å². The Labute approximate surface area is 273 Å². The van der Waals surface area contributed by atoms with E-state index in [-0.39, 0.29) is 90.6 Å². The Morgan fingerprint density at radius 1 is 0.281 bits per heavy atom. The van der Waals surface area contributed by atoms with Crippen LogP contribution in [0.25, 0.3) is 0 Å². The van der Waals surface area contributed by atoms with Crippen LogP contribution in [0.5, 0.6) is 0 Å². The SMILES string of the molecule is N#C[S-].N#C[S-].N#C[S-].N#C[S-].N#C[S-].N#C[S-].N#C[S-].N#C[S-].O.O.O.O.O.[Mo+2].[Mo+2].[Mo]. The third-order valence-electron chi connectivity index (χ3n) is 0. The number of hydrogen-bond donors (Lipinski definition) is 0. The zero-order chi connectivity index (χ0) is 21.7. The van der Waals surface area contributed by atoms with Crippen LogP contribution in [0.2, 0.25) is 0 Å². The Morgan fingerprint density at radius 3 is 0.281 bits per heavy atom. The van der Waals surface area contributed by atoms with Crippen molar-refractivity contribution in [2.75, 3.05) is 0 Å². The Bertz CT molecular complexity index is 388. The molecular weight excluding hydrogens is 832 g/mol. The molecule has 0 saturated carbocycles. The van der Waals surface area contributed by atoms with Gasteiger partial charge >= 0.3 is 42.1 Å². The molecule has 0 aromatic rings. The maximum Gasteiger partial charge on any atom is 2.00 e. The molecule has 0 unspecified atom stereocenters. The van der Waals surface area contributed by atoms with Crippen LogP contribution in [-0.2, 0) is 164 Å². The zero-order valence-corrected chi connectivity index (χ0v) is 27.1.